The molecule has 0 aromatic rings. The highest BCUT2D eigenvalue weighted by Crippen LogP contribution is 2.27. The maximum absolute atomic E-state index is 12.2. The Morgan fingerprint density at radius 1 is 1.00 bits per heavy atom. The summed E-state index contributed by atoms with van der Waals surface area (Å²) in [4.78, 5) is 19.1. The van der Waals surface area contributed by atoms with Crippen LogP contribution in [0.25, 0.3) is 0 Å². The van der Waals surface area contributed by atoms with Crippen LogP contribution >= 0.6 is 0 Å². The summed E-state index contributed by atoms with van der Waals surface area (Å²) >= 11 is 0. The minimum absolute atomic E-state index is 0.326. The van der Waals surface area contributed by atoms with Crippen molar-refractivity contribution < 1.29 is 4.79 Å². The molecule has 1 aliphatic carbocycles. The van der Waals surface area contributed by atoms with Crippen molar-refractivity contribution >= 4 is 5.91 Å². The van der Waals surface area contributed by atoms with Crippen LogP contribution in [-0.2, 0) is 4.79 Å². The highest BCUT2D eigenvalue weighted by Gasteiger charge is 2.32. The van der Waals surface area contributed by atoms with E-state index in [1.807, 2.05) is 0 Å². The first-order valence-electron chi connectivity index (χ1n) is 7.28. The van der Waals surface area contributed by atoms with E-state index in [2.05, 4.69) is 20.0 Å². The van der Waals surface area contributed by atoms with Crippen molar-refractivity contribution in [3.8, 4) is 0 Å². The van der Waals surface area contributed by atoms with Gasteiger partial charge in [-0.1, -0.05) is 0 Å². The summed E-state index contributed by atoms with van der Waals surface area (Å²) in [5.74, 6) is 0.326. The molecular weight excluding hydrogens is 228 g/mol. The Labute approximate surface area is 109 Å². The summed E-state index contributed by atoms with van der Waals surface area (Å²) in [6, 6.07) is 0.843. The van der Waals surface area contributed by atoms with E-state index in [9.17, 15) is 4.79 Å². The summed E-state index contributed by atoms with van der Waals surface area (Å²) in [6.07, 6.45) is 2.74. The second-order valence-electron chi connectivity index (χ2n) is 5.67. The van der Waals surface area contributed by atoms with Gasteiger partial charge in [-0.2, -0.15) is 0 Å². The largest absolute Gasteiger partial charge is 0.339 e. The Morgan fingerprint density at radius 3 is 2.28 bits per heavy atom. The van der Waals surface area contributed by atoms with Crippen LogP contribution in [0.2, 0.25) is 0 Å². The zero-order valence-electron chi connectivity index (χ0n) is 11.1. The quantitative estimate of drug-likeness (QED) is 0.714. The minimum Gasteiger partial charge on any atom is -0.339 e. The molecule has 0 radical (unpaired) electrons. The zero-order valence-corrected chi connectivity index (χ0v) is 11.1. The van der Waals surface area contributed by atoms with Gasteiger partial charge >= 0.3 is 0 Å². The van der Waals surface area contributed by atoms with Crippen molar-refractivity contribution in [3.63, 3.8) is 0 Å². The van der Waals surface area contributed by atoms with Crippen LogP contribution < -0.4 is 5.32 Å². The number of nitrogens with zero attached hydrogens (tertiary/aromatic N) is 3. The summed E-state index contributed by atoms with van der Waals surface area (Å²) < 4.78 is 0. The van der Waals surface area contributed by atoms with E-state index in [1.165, 1.54) is 12.8 Å². The first-order valence-corrected chi connectivity index (χ1v) is 7.28. The molecule has 3 aliphatic rings. The lowest BCUT2D eigenvalue weighted by molar-refractivity contribution is -0.134. The maximum atomic E-state index is 12.2. The van der Waals surface area contributed by atoms with Gasteiger partial charge in [0.15, 0.2) is 0 Å². The number of hydrogen-bond donors (Lipinski definition) is 1. The Hall–Kier alpha value is -0.650. The van der Waals surface area contributed by atoms with Crippen LogP contribution in [-0.4, -0.2) is 85.6 Å². The molecule has 1 N–H and O–H groups in total. The van der Waals surface area contributed by atoms with Gasteiger partial charge in [-0.05, 0) is 12.8 Å². The summed E-state index contributed by atoms with van der Waals surface area (Å²) in [5, 5.41) is 3.32. The van der Waals surface area contributed by atoms with Crippen LogP contribution in [0.15, 0.2) is 0 Å². The fourth-order valence-electron chi connectivity index (χ4n) is 2.94. The van der Waals surface area contributed by atoms with Crippen molar-refractivity contribution in [2.75, 3.05) is 58.9 Å². The second-order valence-corrected chi connectivity index (χ2v) is 5.67. The summed E-state index contributed by atoms with van der Waals surface area (Å²) in [7, 11) is 0. The number of amides is 1. The van der Waals surface area contributed by atoms with Gasteiger partial charge in [-0.3, -0.25) is 14.6 Å². The van der Waals surface area contributed by atoms with Gasteiger partial charge in [0, 0.05) is 58.4 Å². The van der Waals surface area contributed by atoms with Gasteiger partial charge in [-0.15, -0.1) is 0 Å². The number of nitrogens with one attached hydrogen (secondary N) is 1. The Kier molecular flexibility index (Phi) is 3.82. The molecule has 5 nitrogen and oxygen atoms in total. The van der Waals surface area contributed by atoms with E-state index in [0.29, 0.717) is 12.5 Å². The highest BCUT2D eigenvalue weighted by molar-refractivity contribution is 5.78. The van der Waals surface area contributed by atoms with E-state index >= 15 is 0 Å². The van der Waals surface area contributed by atoms with Crippen molar-refractivity contribution in [1.82, 2.24) is 20.0 Å². The SMILES string of the molecule is O=C(CN1CCNCC1)N1CCN(C2CC2)CC1. The fraction of sp³-hybridized carbons (Fsp3) is 0.923. The highest BCUT2D eigenvalue weighted by atomic mass is 16.2. The van der Waals surface area contributed by atoms with Gasteiger partial charge in [0.2, 0.25) is 5.91 Å². The van der Waals surface area contributed by atoms with Gasteiger partial charge < -0.3 is 10.2 Å². The molecule has 1 saturated carbocycles. The molecule has 0 aromatic carbocycles. The van der Waals surface area contributed by atoms with Crippen LogP contribution in [0.3, 0.4) is 0 Å². The molecule has 18 heavy (non-hydrogen) atoms. The Balaban J connectivity index is 1.42. The lowest BCUT2D eigenvalue weighted by atomic mass is 10.3. The monoisotopic (exact) mass is 252 g/mol. The van der Waals surface area contributed by atoms with Crippen molar-refractivity contribution in [3.05, 3.63) is 0 Å². The van der Waals surface area contributed by atoms with Crippen LogP contribution in [0.4, 0.5) is 0 Å². The predicted molar refractivity (Wildman–Crippen MR) is 70.5 cm³/mol. The van der Waals surface area contributed by atoms with Crippen molar-refractivity contribution in [1.29, 1.82) is 0 Å². The molecule has 3 rings (SSSR count). The summed E-state index contributed by atoms with van der Waals surface area (Å²) in [6.45, 7) is 8.69. The molecule has 0 unspecified atom stereocenters. The van der Waals surface area contributed by atoms with E-state index in [0.717, 1.165) is 58.4 Å². The molecule has 0 spiro atoms. The van der Waals surface area contributed by atoms with Crippen molar-refractivity contribution in [2.45, 2.75) is 18.9 Å². The van der Waals surface area contributed by atoms with E-state index < -0.39 is 0 Å². The smallest absolute Gasteiger partial charge is 0.236 e. The number of piperazine rings is 2. The molecule has 0 aromatic heterocycles. The van der Waals surface area contributed by atoms with Crippen molar-refractivity contribution in [2.24, 2.45) is 0 Å². The molecule has 2 heterocycles. The molecular formula is C13H24N4O. The van der Waals surface area contributed by atoms with Crippen LogP contribution in [0.5, 0.6) is 0 Å². The van der Waals surface area contributed by atoms with Gasteiger partial charge in [0.05, 0.1) is 6.54 Å². The third kappa shape index (κ3) is 3.02. The van der Waals surface area contributed by atoms with Gasteiger partial charge in [0.25, 0.3) is 0 Å². The zero-order chi connectivity index (χ0) is 12.4. The normalized spacial score (nSPS) is 27.4. The van der Waals surface area contributed by atoms with Crippen LogP contribution in [0.1, 0.15) is 12.8 Å². The van der Waals surface area contributed by atoms with E-state index in [1.54, 1.807) is 0 Å². The topological polar surface area (TPSA) is 38.8 Å². The fourth-order valence-corrected chi connectivity index (χ4v) is 2.94. The maximum Gasteiger partial charge on any atom is 0.236 e. The lowest BCUT2D eigenvalue weighted by Crippen LogP contribution is -2.53. The average Bonchev–Trinajstić information content (AvgIpc) is 3.24. The van der Waals surface area contributed by atoms with Gasteiger partial charge in [-0.25, -0.2) is 0 Å². The third-order valence-corrected chi connectivity index (χ3v) is 4.30. The third-order valence-electron chi connectivity index (χ3n) is 4.30. The molecule has 0 atom stereocenters. The molecule has 0 bridgehead atoms. The number of carbonyl (C=O) groups excluding carboxylic acids is 1. The molecule has 3 fully saturated rings. The molecule has 1 amide bonds. The standard InChI is InChI=1S/C13H24N4O/c18-13(11-15-5-3-14-4-6-15)17-9-7-16(8-10-17)12-1-2-12/h12,14H,1-11H2. The Bertz CT molecular complexity index is 291. The second kappa shape index (κ2) is 5.55. The van der Waals surface area contributed by atoms with E-state index in [4.69, 9.17) is 0 Å². The first kappa shape index (κ1) is 12.4. The van der Waals surface area contributed by atoms with Gasteiger partial charge in [0.1, 0.15) is 0 Å². The Morgan fingerprint density at radius 2 is 1.67 bits per heavy atom. The average molecular weight is 252 g/mol. The minimum atomic E-state index is 0.326. The van der Waals surface area contributed by atoms with Crippen LogP contribution in [0, 0.1) is 0 Å². The number of hydrogen-bond acceptors (Lipinski definition) is 4. The molecule has 102 valence electrons. The number of rotatable bonds is 3. The lowest BCUT2D eigenvalue weighted by Gasteiger charge is -2.36. The molecule has 2 saturated heterocycles. The number of carbonyl (C=O) groups is 1. The summed E-state index contributed by atoms with van der Waals surface area (Å²) in [5.41, 5.74) is 0. The molecule has 2 aliphatic heterocycles. The first-order chi connectivity index (χ1) is 8.83. The predicted octanol–water partition coefficient (Wildman–Crippen LogP) is -0.802. The van der Waals surface area contributed by atoms with E-state index in [-0.39, 0.29) is 0 Å². The molecule has 5 heteroatoms.